The predicted molar refractivity (Wildman–Crippen MR) is 94.7 cm³/mol. The first-order chi connectivity index (χ1) is 12.2. The number of nitrogens with zero attached hydrogens (tertiary/aromatic N) is 3. The van der Waals surface area contributed by atoms with E-state index >= 15 is 0 Å². The van der Waals surface area contributed by atoms with Gasteiger partial charge in [0.2, 0.25) is 5.88 Å². The first-order valence-electron chi connectivity index (χ1n) is 7.89. The third-order valence-electron chi connectivity index (χ3n) is 4.00. The molecule has 7 nitrogen and oxygen atoms in total. The number of rotatable bonds is 4. The highest BCUT2D eigenvalue weighted by Crippen LogP contribution is 2.24. The third-order valence-corrected chi connectivity index (χ3v) is 4.00. The van der Waals surface area contributed by atoms with E-state index in [0.29, 0.717) is 40.6 Å². The average molecular weight is 336 g/mol. The summed E-state index contributed by atoms with van der Waals surface area (Å²) in [5, 5.41) is 0.773. The standard InChI is InChI=1S/C18H16N4O3/c1-3-25-14-9-8-13-15-16(20-10-19-15)18(23)22(17(13)21-14)11-4-6-12(24-2)7-5-11/h4-10H,3H2,1-2H3,(H,19,20). The molecule has 0 spiro atoms. The van der Waals surface area contributed by atoms with Crippen molar-refractivity contribution in [3.8, 4) is 17.3 Å². The number of nitrogens with one attached hydrogen (secondary N) is 1. The van der Waals surface area contributed by atoms with Gasteiger partial charge in [-0.3, -0.25) is 9.36 Å². The minimum Gasteiger partial charge on any atom is -0.497 e. The van der Waals surface area contributed by atoms with Gasteiger partial charge >= 0.3 is 0 Å². The van der Waals surface area contributed by atoms with Crippen molar-refractivity contribution in [1.29, 1.82) is 0 Å². The molecule has 4 rings (SSSR count). The van der Waals surface area contributed by atoms with Crippen LogP contribution in [0.4, 0.5) is 0 Å². The second kappa shape index (κ2) is 5.94. The van der Waals surface area contributed by atoms with E-state index in [2.05, 4.69) is 15.0 Å². The van der Waals surface area contributed by atoms with E-state index in [1.54, 1.807) is 29.9 Å². The van der Waals surface area contributed by atoms with Crippen LogP contribution < -0.4 is 15.0 Å². The van der Waals surface area contributed by atoms with E-state index in [1.165, 1.54) is 6.33 Å². The van der Waals surface area contributed by atoms with Crippen molar-refractivity contribution < 1.29 is 9.47 Å². The van der Waals surface area contributed by atoms with Crippen molar-refractivity contribution in [1.82, 2.24) is 19.5 Å². The third kappa shape index (κ3) is 2.40. The molecule has 4 aromatic rings. The second-order valence-electron chi connectivity index (χ2n) is 5.42. The van der Waals surface area contributed by atoms with Crippen LogP contribution in [0.15, 0.2) is 47.5 Å². The molecule has 7 heteroatoms. The molecular formula is C18H16N4O3. The Morgan fingerprint density at radius 1 is 1.16 bits per heavy atom. The molecule has 0 radical (unpaired) electrons. The fourth-order valence-corrected chi connectivity index (χ4v) is 2.85. The summed E-state index contributed by atoms with van der Waals surface area (Å²) in [5.74, 6) is 1.18. The molecule has 0 saturated heterocycles. The molecule has 0 aliphatic carbocycles. The number of methoxy groups -OCH3 is 1. The van der Waals surface area contributed by atoms with E-state index in [-0.39, 0.29) is 5.56 Å². The molecule has 0 atom stereocenters. The maximum absolute atomic E-state index is 13.0. The van der Waals surface area contributed by atoms with E-state index in [0.717, 1.165) is 5.39 Å². The molecule has 0 amide bonds. The maximum atomic E-state index is 13.0. The van der Waals surface area contributed by atoms with Crippen LogP contribution in [0.3, 0.4) is 0 Å². The van der Waals surface area contributed by atoms with Crippen LogP contribution in [0.1, 0.15) is 6.92 Å². The summed E-state index contributed by atoms with van der Waals surface area (Å²) in [6, 6.07) is 10.9. The van der Waals surface area contributed by atoms with Gasteiger partial charge in [-0.25, -0.2) is 4.98 Å². The zero-order valence-corrected chi connectivity index (χ0v) is 13.8. The predicted octanol–water partition coefficient (Wildman–Crippen LogP) is 2.67. The van der Waals surface area contributed by atoms with Crippen LogP contribution in [0, 0.1) is 0 Å². The van der Waals surface area contributed by atoms with Gasteiger partial charge in [0, 0.05) is 11.5 Å². The monoisotopic (exact) mass is 336 g/mol. The lowest BCUT2D eigenvalue weighted by Crippen LogP contribution is -2.20. The molecule has 3 aromatic heterocycles. The van der Waals surface area contributed by atoms with Crippen LogP contribution in [0.2, 0.25) is 0 Å². The van der Waals surface area contributed by atoms with Crippen molar-refractivity contribution in [2.24, 2.45) is 0 Å². The summed E-state index contributed by atoms with van der Waals surface area (Å²) in [4.78, 5) is 24.7. The Morgan fingerprint density at radius 2 is 1.96 bits per heavy atom. The first-order valence-corrected chi connectivity index (χ1v) is 7.89. The van der Waals surface area contributed by atoms with Gasteiger partial charge in [0.1, 0.15) is 16.8 Å². The molecule has 3 heterocycles. The summed E-state index contributed by atoms with van der Waals surface area (Å²) in [6.07, 6.45) is 1.51. The Hall–Kier alpha value is -3.35. The Morgan fingerprint density at radius 3 is 2.68 bits per heavy atom. The smallest absolute Gasteiger partial charge is 0.282 e. The molecule has 0 unspecified atom stereocenters. The van der Waals surface area contributed by atoms with Crippen molar-refractivity contribution in [2.45, 2.75) is 6.92 Å². The molecule has 0 aliphatic rings. The van der Waals surface area contributed by atoms with Gasteiger partial charge in [-0.2, -0.15) is 4.98 Å². The lowest BCUT2D eigenvalue weighted by molar-refractivity contribution is 0.328. The highest BCUT2D eigenvalue weighted by Gasteiger charge is 2.16. The van der Waals surface area contributed by atoms with Crippen molar-refractivity contribution in [2.75, 3.05) is 13.7 Å². The number of aromatic nitrogens is 4. The molecule has 1 aromatic carbocycles. The molecule has 0 bridgehead atoms. The molecule has 126 valence electrons. The molecule has 0 fully saturated rings. The number of benzene rings is 1. The van der Waals surface area contributed by atoms with Crippen molar-refractivity contribution in [3.63, 3.8) is 0 Å². The Kier molecular flexibility index (Phi) is 3.61. The van der Waals surface area contributed by atoms with Gasteiger partial charge in [0.25, 0.3) is 5.56 Å². The highest BCUT2D eigenvalue weighted by atomic mass is 16.5. The van der Waals surface area contributed by atoms with Crippen molar-refractivity contribution in [3.05, 3.63) is 53.1 Å². The quantitative estimate of drug-likeness (QED) is 0.619. The topological polar surface area (TPSA) is 82.0 Å². The van der Waals surface area contributed by atoms with E-state index in [9.17, 15) is 4.79 Å². The van der Waals surface area contributed by atoms with Crippen LogP contribution in [0.5, 0.6) is 11.6 Å². The number of ether oxygens (including phenoxy) is 2. The van der Waals surface area contributed by atoms with E-state index in [4.69, 9.17) is 9.47 Å². The summed E-state index contributed by atoms with van der Waals surface area (Å²) in [7, 11) is 1.60. The maximum Gasteiger partial charge on any atom is 0.282 e. The first kappa shape index (κ1) is 15.2. The Bertz CT molecular complexity index is 1110. The Labute approximate surface area is 142 Å². The van der Waals surface area contributed by atoms with Gasteiger partial charge in [0.05, 0.1) is 25.7 Å². The van der Waals surface area contributed by atoms with Gasteiger partial charge in [0.15, 0.2) is 5.65 Å². The number of imidazole rings is 1. The minimum atomic E-state index is -0.216. The van der Waals surface area contributed by atoms with Crippen LogP contribution >= 0.6 is 0 Å². The zero-order valence-electron chi connectivity index (χ0n) is 13.8. The number of pyridine rings is 2. The van der Waals surface area contributed by atoms with Gasteiger partial charge < -0.3 is 14.5 Å². The molecule has 1 N–H and O–H groups in total. The highest BCUT2D eigenvalue weighted by molar-refractivity contribution is 6.01. The number of aromatic amines is 1. The number of hydrogen-bond acceptors (Lipinski definition) is 5. The fraction of sp³-hybridized carbons (Fsp3) is 0.167. The van der Waals surface area contributed by atoms with E-state index < -0.39 is 0 Å². The minimum absolute atomic E-state index is 0.216. The fourth-order valence-electron chi connectivity index (χ4n) is 2.85. The molecule has 0 saturated carbocycles. The van der Waals surface area contributed by atoms with Crippen LogP contribution in [-0.4, -0.2) is 33.2 Å². The van der Waals surface area contributed by atoms with Gasteiger partial charge in [-0.1, -0.05) is 0 Å². The summed E-state index contributed by atoms with van der Waals surface area (Å²) < 4.78 is 12.2. The second-order valence-corrected chi connectivity index (χ2v) is 5.42. The average Bonchev–Trinajstić information content (AvgIpc) is 3.13. The molecular weight excluding hydrogens is 320 g/mol. The van der Waals surface area contributed by atoms with E-state index in [1.807, 2.05) is 25.1 Å². The summed E-state index contributed by atoms with van der Waals surface area (Å²) >= 11 is 0. The van der Waals surface area contributed by atoms with Gasteiger partial charge in [-0.05, 0) is 37.3 Å². The largest absolute Gasteiger partial charge is 0.497 e. The number of hydrogen-bond donors (Lipinski definition) is 1. The van der Waals surface area contributed by atoms with Crippen molar-refractivity contribution >= 4 is 22.1 Å². The lowest BCUT2D eigenvalue weighted by Gasteiger charge is -2.12. The van der Waals surface area contributed by atoms with Crippen LogP contribution in [-0.2, 0) is 0 Å². The van der Waals surface area contributed by atoms with Gasteiger partial charge in [-0.15, -0.1) is 0 Å². The number of H-pyrrole nitrogens is 1. The van der Waals surface area contributed by atoms with Crippen LogP contribution in [0.25, 0.3) is 27.8 Å². The summed E-state index contributed by atoms with van der Waals surface area (Å²) in [6.45, 7) is 2.38. The normalized spacial score (nSPS) is 11.1. The Balaban J connectivity index is 2.09. The number of fused-ring (bicyclic) bond motifs is 3. The lowest BCUT2D eigenvalue weighted by atomic mass is 10.2. The molecule has 0 aliphatic heterocycles. The molecule has 25 heavy (non-hydrogen) atoms. The SMILES string of the molecule is CCOc1ccc2c3nc[nH]c3c(=O)n(-c3ccc(OC)cc3)c2n1. The summed E-state index contributed by atoms with van der Waals surface area (Å²) in [5.41, 5.74) is 2.01. The zero-order chi connectivity index (χ0) is 17.4.